The van der Waals surface area contributed by atoms with Gasteiger partial charge in [-0.25, -0.2) is 4.98 Å². The van der Waals surface area contributed by atoms with Crippen molar-refractivity contribution in [3.05, 3.63) is 61.0 Å². The van der Waals surface area contributed by atoms with Gasteiger partial charge in [-0.1, -0.05) is 40.7 Å². The molecule has 0 radical (unpaired) electrons. The third-order valence-electron chi connectivity index (χ3n) is 1.55. The van der Waals surface area contributed by atoms with Crippen LogP contribution in [0.4, 0.5) is 0 Å². The average molecular weight is 266 g/mol. The molecule has 0 saturated carbocycles. The van der Waals surface area contributed by atoms with Gasteiger partial charge in [0.1, 0.15) is 5.76 Å². The summed E-state index contributed by atoms with van der Waals surface area (Å²) in [6.07, 6.45) is 9.03. The summed E-state index contributed by atoms with van der Waals surface area (Å²) in [6.45, 7) is 3.67. The SMILES string of the molecule is C=C/C(=C\C=C/CBr)Oc1ccccn1. The van der Waals surface area contributed by atoms with Crippen molar-refractivity contribution < 1.29 is 4.74 Å². The van der Waals surface area contributed by atoms with Gasteiger partial charge >= 0.3 is 0 Å². The molecular formula is C12H12BrNO. The van der Waals surface area contributed by atoms with E-state index < -0.39 is 0 Å². The Bertz CT molecular complexity index is 357. The largest absolute Gasteiger partial charge is 0.439 e. The van der Waals surface area contributed by atoms with Crippen molar-refractivity contribution in [2.45, 2.75) is 0 Å². The number of allylic oxidation sites excluding steroid dienone is 4. The number of rotatable bonds is 5. The molecule has 1 rings (SSSR count). The van der Waals surface area contributed by atoms with Crippen molar-refractivity contribution in [2.24, 2.45) is 0 Å². The predicted octanol–water partition coefficient (Wildman–Crippen LogP) is 3.48. The second-order valence-electron chi connectivity index (χ2n) is 2.63. The maximum atomic E-state index is 5.48. The minimum absolute atomic E-state index is 0.566. The Morgan fingerprint density at radius 1 is 1.53 bits per heavy atom. The number of aromatic nitrogens is 1. The standard InChI is InChI=1S/C12H12BrNO/c1-2-11(7-3-5-9-13)15-12-8-4-6-10-14-12/h2-8,10H,1,9H2/b5-3-,11-7+. The normalized spacial score (nSPS) is 11.7. The Morgan fingerprint density at radius 3 is 3.00 bits per heavy atom. The first kappa shape index (κ1) is 11.7. The molecule has 0 unspecified atom stereocenters. The molecule has 15 heavy (non-hydrogen) atoms. The lowest BCUT2D eigenvalue weighted by Crippen LogP contribution is -1.93. The van der Waals surface area contributed by atoms with E-state index in [1.54, 1.807) is 18.3 Å². The molecule has 1 aromatic heterocycles. The van der Waals surface area contributed by atoms with Crippen LogP contribution in [0, 0.1) is 0 Å². The van der Waals surface area contributed by atoms with Gasteiger partial charge in [0.15, 0.2) is 0 Å². The van der Waals surface area contributed by atoms with Gasteiger partial charge in [-0.2, -0.15) is 0 Å². The molecule has 0 spiro atoms. The summed E-state index contributed by atoms with van der Waals surface area (Å²) in [6, 6.07) is 5.51. The molecule has 0 aromatic carbocycles. The summed E-state index contributed by atoms with van der Waals surface area (Å²) in [5.74, 6) is 1.24. The minimum atomic E-state index is 0.566. The fourth-order valence-corrected chi connectivity index (χ4v) is 1.10. The number of hydrogen-bond donors (Lipinski definition) is 0. The van der Waals surface area contributed by atoms with E-state index >= 15 is 0 Å². The topological polar surface area (TPSA) is 22.1 Å². The average Bonchev–Trinajstić information content (AvgIpc) is 2.29. The van der Waals surface area contributed by atoms with Crippen LogP contribution in [0.2, 0.25) is 0 Å². The first-order valence-corrected chi connectivity index (χ1v) is 5.63. The van der Waals surface area contributed by atoms with E-state index in [0.717, 1.165) is 5.33 Å². The van der Waals surface area contributed by atoms with Gasteiger partial charge in [-0.05, 0) is 18.2 Å². The molecule has 3 heteroatoms. The highest BCUT2D eigenvalue weighted by Gasteiger charge is 1.94. The van der Waals surface area contributed by atoms with E-state index in [-0.39, 0.29) is 0 Å². The predicted molar refractivity (Wildman–Crippen MR) is 66.1 cm³/mol. The quantitative estimate of drug-likeness (QED) is 0.462. The second kappa shape index (κ2) is 7.01. The van der Waals surface area contributed by atoms with Crippen LogP contribution in [0.15, 0.2) is 61.0 Å². The lowest BCUT2D eigenvalue weighted by Gasteiger charge is -2.03. The van der Waals surface area contributed by atoms with Crippen molar-refractivity contribution in [3.8, 4) is 5.88 Å². The molecule has 78 valence electrons. The zero-order valence-corrected chi connectivity index (χ0v) is 9.85. The van der Waals surface area contributed by atoms with Crippen LogP contribution in [0.5, 0.6) is 5.88 Å². The highest BCUT2D eigenvalue weighted by atomic mass is 79.9. The van der Waals surface area contributed by atoms with Crippen molar-refractivity contribution in [1.82, 2.24) is 4.98 Å². The number of hydrogen-bond acceptors (Lipinski definition) is 2. The number of alkyl halides is 1. The molecule has 0 fully saturated rings. The molecule has 0 N–H and O–H groups in total. The first-order chi connectivity index (χ1) is 7.36. The van der Waals surface area contributed by atoms with E-state index in [4.69, 9.17) is 4.74 Å². The van der Waals surface area contributed by atoms with E-state index in [9.17, 15) is 0 Å². The van der Waals surface area contributed by atoms with Gasteiger partial charge < -0.3 is 4.74 Å². The van der Waals surface area contributed by atoms with Gasteiger partial charge in [0.2, 0.25) is 5.88 Å². The Kier molecular flexibility index (Phi) is 5.48. The Hall–Kier alpha value is -1.35. The van der Waals surface area contributed by atoms with E-state index in [1.165, 1.54) is 0 Å². The van der Waals surface area contributed by atoms with E-state index in [1.807, 2.05) is 30.4 Å². The fraction of sp³-hybridized carbons (Fsp3) is 0.0833. The second-order valence-corrected chi connectivity index (χ2v) is 3.27. The van der Waals surface area contributed by atoms with Crippen molar-refractivity contribution >= 4 is 15.9 Å². The molecule has 1 heterocycles. The summed E-state index contributed by atoms with van der Waals surface area (Å²) in [5.41, 5.74) is 0. The van der Waals surface area contributed by atoms with Gasteiger partial charge in [0.25, 0.3) is 0 Å². The minimum Gasteiger partial charge on any atom is -0.439 e. The van der Waals surface area contributed by atoms with Gasteiger partial charge in [0.05, 0.1) is 0 Å². The molecule has 0 aliphatic carbocycles. The monoisotopic (exact) mass is 265 g/mol. The summed E-state index contributed by atoms with van der Waals surface area (Å²) in [4.78, 5) is 4.05. The molecule has 1 aromatic rings. The van der Waals surface area contributed by atoms with Crippen molar-refractivity contribution in [2.75, 3.05) is 5.33 Å². The Balaban J connectivity index is 2.66. The van der Waals surface area contributed by atoms with Crippen molar-refractivity contribution in [1.29, 1.82) is 0 Å². The lowest BCUT2D eigenvalue weighted by atomic mass is 10.4. The highest BCUT2D eigenvalue weighted by Crippen LogP contribution is 2.09. The van der Waals surface area contributed by atoms with Gasteiger partial charge in [-0.15, -0.1) is 0 Å². The van der Waals surface area contributed by atoms with Crippen LogP contribution in [0.1, 0.15) is 0 Å². The summed E-state index contributed by atoms with van der Waals surface area (Å²) in [5, 5.41) is 0.817. The van der Waals surface area contributed by atoms with E-state index in [2.05, 4.69) is 27.5 Å². The zero-order chi connectivity index (χ0) is 10.9. The molecule has 0 saturated heterocycles. The molecule has 0 aliphatic rings. The summed E-state index contributed by atoms with van der Waals surface area (Å²) >= 11 is 3.29. The molecule has 0 amide bonds. The fourth-order valence-electron chi connectivity index (χ4n) is 0.886. The number of pyridine rings is 1. The van der Waals surface area contributed by atoms with Crippen LogP contribution in [-0.2, 0) is 0 Å². The highest BCUT2D eigenvalue weighted by molar-refractivity contribution is 9.09. The summed E-state index contributed by atoms with van der Waals surface area (Å²) < 4.78 is 5.48. The number of nitrogens with zero attached hydrogens (tertiary/aromatic N) is 1. The number of ether oxygens (including phenoxy) is 1. The van der Waals surface area contributed by atoms with Crippen LogP contribution < -0.4 is 4.74 Å². The van der Waals surface area contributed by atoms with E-state index in [0.29, 0.717) is 11.6 Å². The molecule has 0 bridgehead atoms. The maximum Gasteiger partial charge on any atom is 0.219 e. The van der Waals surface area contributed by atoms with Gasteiger partial charge in [-0.3, -0.25) is 0 Å². The Morgan fingerprint density at radius 2 is 2.40 bits per heavy atom. The summed E-state index contributed by atoms with van der Waals surface area (Å²) in [7, 11) is 0. The zero-order valence-electron chi connectivity index (χ0n) is 8.27. The molecule has 0 atom stereocenters. The van der Waals surface area contributed by atoms with Crippen molar-refractivity contribution in [3.63, 3.8) is 0 Å². The smallest absolute Gasteiger partial charge is 0.219 e. The molecule has 2 nitrogen and oxygen atoms in total. The molecular weight excluding hydrogens is 254 g/mol. The maximum absolute atomic E-state index is 5.48. The number of halogens is 1. The third-order valence-corrected chi connectivity index (χ3v) is 1.92. The van der Waals surface area contributed by atoms with Crippen LogP contribution >= 0.6 is 15.9 Å². The first-order valence-electron chi connectivity index (χ1n) is 4.51. The third kappa shape index (κ3) is 4.61. The Labute approximate surface area is 98.1 Å². The van der Waals surface area contributed by atoms with Crippen LogP contribution in [-0.4, -0.2) is 10.3 Å². The lowest BCUT2D eigenvalue weighted by molar-refractivity contribution is 0.427. The van der Waals surface area contributed by atoms with Crippen LogP contribution in [0.3, 0.4) is 0 Å². The van der Waals surface area contributed by atoms with Crippen LogP contribution in [0.25, 0.3) is 0 Å². The van der Waals surface area contributed by atoms with Gasteiger partial charge in [0, 0.05) is 17.6 Å². The molecule has 0 aliphatic heterocycles.